The molecule has 0 aliphatic heterocycles. The summed E-state index contributed by atoms with van der Waals surface area (Å²) in [7, 11) is 0. The summed E-state index contributed by atoms with van der Waals surface area (Å²) in [5, 5.41) is 14.9. The summed E-state index contributed by atoms with van der Waals surface area (Å²) in [6, 6.07) is 9.64. The van der Waals surface area contributed by atoms with Gasteiger partial charge in [0.25, 0.3) is 0 Å². The monoisotopic (exact) mass is 332 g/mol. The first-order valence-corrected chi connectivity index (χ1v) is 7.84. The Morgan fingerprint density at radius 1 is 1.12 bits per heavy atom. The highest BCUT2D eigenvalue weighted by Gasteiger charge is 2.08. The van der Waals surface area contributed by atoms with E-state index in [1.165, 1.54) is 6.92 Å². The normalized spacial score (nSPS) is 11.0. The van der Waals surface area contributed by atoms with Crippen LogP contribution < -0.4 is 10.6 Å². The lowest BCUT2D eigenvalue weighted by atomic mass is 10.1. The highest BCUT2D eigenvalue weighted by Crippen LogP contribution is 2.25. The number of nitrogens with one attached hydrogen (secondary N) is 3. The molecular formula is C18H16N6O. The molecule has 0 spiro atoms. The summed E-state index contributed by atoms with van der Waals surface area (Å²) < 4.78 is 0. The van der Waals surface area contributed by atoms with Crippen molar-refractivity contribution < 1.29 is 4.79 Å². The van der Waals surface area contributed by atoms with Crippen molar-refractivity contribution in [3.8, 4) is 0 Å². The van der Waals surface area contributed by atoms with Crippen LogP contribution in [-0.2, 0) is 4.79 Å². The molecule has 3 N–H and O–H groups in total. The van der Waals surface area contributed by atoms with Crippen molar-refractivity contribution in [2.24, 2.45) is 0 Å². The number of carbonyl (C=O) groups is 1. The van der Waals surface area contributed by atoms with Gasteiger partial charge in [0.15, 0.2) is 0 Å². The van der Waals surface area contributed by atoms with Crippen LogP contribution in [0.3, 0.4) is 0 Å². The highest BCUT2D eigenvalue weighted by molar-refractivity contribution is 5.94. The number of aromatic nitrogens is 4. The molecule has 25 heavy (non-hydrogen) atoms. The van der Waals surface area contributed by atoms with Crippen LogP contribution in [0.4, 0.5) is 17.3 Å². The van der Waals surface area contributed by atoms with Crippen molar-refractivity contribution in [3.63, 3.8) is 0 Å². The Labute approximate surface area is 143 Å². The Hall–Kier alpha value is -3.48. The van der Waals surface area contributed by atoms with Gasteiger partial charge in [-0.05, 0) is 42.8 Å². The summed E-state index contributed by atoms with van der Waals surface area (Å²) in [5.74, 6) is 0.386. The van der Waals surface area contributed by atoms with Gasteiger partial charge in [-0.15, -0.1) is 0 Å². The Kier molecular flexibility index (Phi) is 3.53. The number of amides is 1. The number of carbonyl (C=O) groups excluding carboxylic acids is 1. The van der Waals surface area contributed by atoms with Gasteiger partial charge in [0.05, 0.1) is 17.2 Å². The van der Waals surface area contributed by atoms with Gasteiger partial charge in [-0.25, -0.2) is 9.97 Å². The van der Waals surface area contributed by atoms with Gasteiger partial charge in [0, 0.05) is 35.3 Å². The summed E-state index contributed by atoms with van der Waals surface area (Å²) in [6.07, 6.45) is 3.54. The molecule has 4 aromatic rings. The first-order chi connectivity index (χ1) is 12.1. The third kappa shape index (κ3) is 2.87. The molecule has 0 unspecified atom stereocenters. The minimum absolute atomic E-state index is 0.109. The molecule has 4 rings (SSSR count). The Morgan fingerprint density at radius 3 is 2.80 bits per heavy atom. The number of nitrogens with zero attached hydrogens (tertiary/aromatic N) is 3. The zero-order valence-corrected chi connectivity index (χ0v) is 13.8. The van der Waals surface area contributed by atoms with E-state index in [9.17, 15) is 4.79 Å². The van der Waals surface area contributed by atoms with Crippen LogP contribution in [0.15, 0.2) is 42.7 Å². The fourth-order valence-corrected chi connectivity index (χ4v) is 2.77. The first-order valence-electron chi connectivity index (χ1n) is 7.84. The van der Waals surface area contributed by atoms with Gasteiger partial charge < -0.3 is 10.6 Å². The molecular weight excluding hydrogens is 316 g/mol. The summed E-state index contributed by atoms with van der Waals surface area (Å²) >= 11 is 0. The molecule has 0 aliphatic carbocycles. The summed E-state index contributed by atoms with van der Waals surface area (Å²) in [4.78, 5) is 20.3. The Morgan fingerprint density at radius 2 is 1.96 bits per heavy atom. The fraction of sp³-hybridized carbons (Fsp3) is 0.111. The predicted octanol–water partition coefficient (Wildman–Crippen LogP) is 3.52. The van der Waals surface area contributed by atoms with Crippen molar-refractivity contribution >= 4 is 45.0 Å². The van der Waals surface area contributed by atoms with Gasteiger partial charge >= 0.3 is 0 Å². The maximum Gasteiger partial charge on any atom is 0.227 e. The van der Waals surface area contributed by atoms with Gasteiger partial charge in [-0.3, -0.25) is 9.89 Å². The molecule has 2 heterocycles. The number of hydrogen-bond acceptors (Lipinski definition) is 5. The summed E-state index contributed by atoms with van der Waals surface area (Å²) in [6.45, 7) is 3.42. The lowest BCUT2D eigenvalue weighted by Crippen LogP contribution is -2.07. The number of aryl methyl sites for hydroxylation is 1. The molecule has 0 bridgehead atoms. The van der Waals surface area contributed by atoms with E-state index < -0.39 is 0 Å². The van der Waals surface area contributed by atoms with Crippen LogP contribution in [-0.4, -0.2) is 26.1 Å². The largest absolute Gasteiger partial charge is 0.326 e. The van der Waals surface area contributed by atoms with Crippen LogP contribution >= 0.6 is 0 Å². The van der Waals surface area contributed by atoms with Gasteiger partial charge in [-0.2, -0.15) is 5.10 Å². The topological polar surface area (TPSA) is 95.6 Å². The third-order valence-corrected chi connectivity index (χ3v) is 4.01. The molecule has 0 saturated heterocycles. The molecule has 2 aromatic carbocycles. The van der Waals surface area contributed by atoms with E-state index >= 15 is 0 Å². The third-order valence-electron chi connectivity index (χ3n) is 4.01. The lowest BCUT2D eigenvalue weighted by molar-refractivity contribution is -0.114. The molecule has 7 heteroatoms. The Bertz CT molecular complexity index is 1100. The standard InChI is InChI=1S/C18H16N6O/c1-10-15(21-11(2)25)6-4-13-8-19-18(23-17(10)13)22-14-5-3-12-9-20-24-16(12)7-14/h3-9H,1-2H3,(H,20,24)(H,21,25)(H,19,22,23). The average Bonchev–Trinajstić information content (AvgIpc) is 3.05. The van der Waals surface area contributed by atoms with Crippen LogP contribution in [0.25, 0.3) is 21.8 Å². The zero-order valence-electron chi connectivity index (χ0n) is 13.8. The lowest BCUT2D eigenvalue weighted by Gasteiger charge is -2.11. The minimum atomic E-state index is -0.109. The van der Waals surface area contributed by atoms with Crippen molar-refractivity contribution in [2.75, 3.05) is 10.6 Å². The molecule has 1 amide bonds. The molecule has 0 fully saturated rings. The van der Waals surface area contributed by atoms with E-state index in [4.69, 9.17) is 0 Å². The van der Waals surface area contributed by atoms with Crippen LogP contribution in [0.2, 0.25) is 0 Å². The Balaban J connectivity index is 1.71. The van der Waals surface area contributed by atoms with Crippen molar-refractivity contribution in [3.05, 3.63) is 48.3 Å². The second-order valence-electron chi connectivity index (χ2n) is 5.85. The van der Waals surface area contributed by atoms with Crippen molar-refractivity contribution in [2.45, 2.75) is 13.8 Å². The first kappa shape index (κ1) is 15.1. The molecule has 0 saturated carbocycles. The number of fused-ring (bicyclic) bond motifs is 2. The maximum absolute atomic E-state index is 11.3. The second kappa shape index (κ2) is 5.86. The maximum atomic E-state index is 11.3. The van der Waals surface area contributed by atoms with E-state index in [2.05, 4.69) is 30.8 Å². The van der Waals surface area contributed by atoms with E-state index in [-0.39, 0.29) is 5.91 Å². The van der Waals surface area contributed by atoms with Gasteiger partial charge in [0.2, 0.25) is 11.9 Å². The number of aromatic amines is 1. The summed E-state index contributed by atoms with van der Waals surface area (Å²) in [5.41, 5.74) is 4.26. The van der Waals surface area contributed by atoms with E-state index in [1.54, 1.807) is 12.4 Å². The van der Waals surface area contributed by atoms with E-state index in [0.29, 0.717) is 5.95 Å². The fourth-order valence-electron chi connectivity index (χ4n) is 2.77. The molecule has 0 atom stereocenters. The average molecular weight is 332 g/mol. The molecule has 0 radical (unpaired) electrons. The zero-order chi connectivity index (χ0) is 17.4. The molecule has 2 aromatic heterocycles. The second-order valence-corrected chi connectivity index (χ2v) is 5.85. The van der Waals surface area contributed by atoms with Crippen molar-refractivity contribution in [1.29, 1.82) is 0 Å². The number of H-pyrrole nitrogens is 1. The van der Waals surface area contributed by atoms with Crippen LogP contribution in [0.5, 0.6) is 0 Å². The number of anilines is 3. The van der Waals surface area contributed by atoms with Gasteiger partial charge in [0.1, 0.15) is 0 Å². The highest BCUT2D eigenvalue weighted by atomic mass is 16.1. The van der Waals surface area contributed by atoms with E-state index in [0.717, 1.165) is 38.7 Å². The quantitative estimate of drug-likeness (QED) is 0.533. The van der Waals surface area contributed by atoms with Gasteiger partial charge in [-0.1, -0.05) is 0 Å². The SMILES string of the molecule is CC(=O)Nc1ccc2cnc(Nc3ccc4cn[nH]c4c3)nc2c1C. The number of benzene rings is 2. The van der Waals surface area contributed by atoms with Crippen LogP contribution in [0.1, 0.15) is 12.5 Å². The van der Waals surface area contributed by atoms with Crippen LogP contribution in [0, 0.1) is 6.92 Å². The molecule has 0 aliphatic rings. The molecule has 124 valence electrons. The number of rotatable bonds is 3. The number of hydrogen-bond donors (Lipinski definition) is 3. The van der Waals surface area contributed by atoms with Crippen molar-refractivity contribution in [1.82, 2.24) is 20.2 Å². The predicted molar refractivity (Wildman–Crippen MR) is 98.0 cm³/mol. The minimum Gasteiger partial charge on any atom is -0.326 e. The smallest absolute Gasteiger partial charge is 0.227 e. The van der Waals surface area contributed by atoms with E-state index in [1.807, 2.05) is 37.3 Å². The molecule has 7 nitrogen and oxygen atoms in total.